The summed E-state index contributed by atoms with van der Waals surface area (Å²) >= 11 is 1.63. The maximum atomic E-state index is 13.1. The highest BCUT2D eigenvalue weighted by molar-refractivity contribution is 7.16. The van der Waals surface area contributed by atoms with Crippen LogP contribution < -0.4 is 9.64 Å². The van der Waals surface area contributed by atoms with Crippen molar-refractivity contribution in [3.05, 3.63) is 53.3 Å². The molecule has 29 heavy (non-hydrogen) atoms. The highest BCUT2D eigenvalue weighted by atomic mass is 32.1. The maximum absolute atomic E-state index is 13.1. The quantitative estimate of drug-likeness (QED) is 0.565. The van der Waals surface area contributed by atoms with Crippen LogP contribution in [-0.4, -0.2) is 32.6 Å². The average molecular weight is 403 g/mol. The van der Waals surface area contributed by atoms with Gasteiger partial charge in [-0.05, 0) is 42.7 Å². The second kappa shape index (κ2) is 6.38. The number of fused-ring (bicyclic) bond motifs is 4. The van der Waals surface area contributed by atoms with E-state index in [1.807, 2.05) is 23.7 Å². The smallest absolute Gasteiger partial charge is 0.231 e. The van der Waals surface area contributed by atoms with Gasteiger partial charge in [0.05, 0.1) is 27.6 Å². The minimum absolute atomic E-state index is 0.0281. The Balaban J connectivity index is 1.24. The number of carbonyl (C=O) groups excluding carboxylic acids is 1. The second-order valence-corrected chi connectivity index (χ2v) is 8.29. The lowest BCUT2D eigenvalue weighted by molar-refractivity contribution is -0.120. The molecule has 144 valence electrons. The lowest BCUT2D eigenvalue weighted by atomic mass is 9.98. The number of nitrogens with zero attached hydrogens (tertiary/aromatic N) is 4. The van der Waals surface area contributed by atoms with Gasteiger partial charge in [-0.25, -0.2) is 4.98 Å². The molecule has 1 saturated heterocycles. The number of nitrogens with one attached hydrogen (secondary N) is 1. The van der Waals surface area contributed by atoms with Crippen LogP contribution >= 0.6 is 11.3 Å². The fourth-order valence-corrected chi connectivity index (χ4v) is 4.90. The Morgan fingerprint density at radius 1 is 1.24 bits per heavy atom. The number of thiazole rings is 1. The first kappa shape index (κ1) is 16.7. The topological polar surface area (TPSA) is 84.0 Å². The molecule has 1 fully saturated rings. The van der Waals surface area contributed by atoms with E-state index in [1.165, 1.54) is 5.56 Å². The predicted octanol–water partition coefficient (Wildman–Crippen LogP) is 3.57. The SMILES string of the molecule is O=C1C(Cc2ccc3ncsc3c2)CCN1c1ccc2c(n1)OCc1[nH]ncc1-2. The van der Waals surface area contributed by atoms with E-state index in [-0.39, 0.29) is 11.8 Å². The Kier molecular flexibility index (Phi) is 3.67. The first-order valence-electron chi connectivity index (χ1n) is 9.56. The number of hydrogen-bond acceptors (Lipinski definition) is 6. The molecule has 5 heterocycles. The van der Waals surface area contributed by atoms with Gasteiger partial charge in [0.25, 0.3) is 0 Å². The fourth-order valence-electron chi connectivity index (χ4n) is 4.16. The third-order valence-corrected chi connectivity index (χ3v) is 6.47. The Bertz CT molecular complexity index is 1250. The third-order valence-electron chi connectivity index (χ3n) is 5.68. The summed E-state index contributed by atoms with van der Waals surface area (Å²) in [6.45, 7) is 1.09. The first-order chi connectivity index (χ1) is 14.3. The van der Waals surface area contributed by atoms with Crippen LogP contribution in [0.5, 0.6) is 5.88 Å². The molecule has 0 spiro atoms. The number of benzene rings is 1. The number of aromatic nitrogens is 4. The van der Waals surface area contributed by atoms with Crippen LogP contribution in [0.2, 0.25) is 0 Å². The molecule has 0 bridgehead atoms. The summed E-state index contributed by atoms with van der Waals surface area (Å²) in [5, 5.41) is 7.02. The number of rotatable bonds is 3. The molecular formula is C21H17N5O2S. The van der Waals surface area contributed by atoms with Gasteiger partial charge in [-0.2, -0.15) is 10.1 Å². The monoisotopic (exact) mass is 403 g/mol. The number of H-pyrrole nitrogens is 1. The van der Waals surface area contributed by atoms with Crippen molar-refractivity contribution in [2.24, 2.45) is 5.92 Å². The van der Waals surface area contributed by atoms with E-state index in [0.29, 0.717) is 24.8 Å². The van der Waals surface area contributed by atoms with E-state index < -0.39 is 0 Å². The Morgan fingerprint density at radius 2 is 2.21 bits per heavy atom. The minimum Gasteiger partial charge on any atom is -0.471 e. The summed E-state index contributed by atoms with van der Waals surface area (Å²) in [6.07, 6.45) is 3.35. The van der Waals surface area contributed by atoms with Gasteiger partial charge in [-0.3, -0.25) is 14.8 Å². The molecule has 4 aromatic rings. The van der Waals surface area contributed by atoms with Crippen molar-refractivity contribution < 1.29 is 9.53 Å². The maximum Gasteiger partial charge on any atom is 0.231 e. The number of pyridine rings is 1. The molecule has 0 saturated carbocycles. The summed E-state index contributed by atoms with van der Waals surface area (Å²) < 4.78 is 6.94. The molecule has 2 aliphatic rings. The van der Waals surface area contributed by atoms with Crippen LogP contribution in [-0.2, 0) is 17.8 Å². The molecule has 0 aliphatic carbocycles. The van der Waals surface area contributed by atoms with Crippen LogP contribution in [0.1, 0.15) is 17.7 Å². The van der Waals surface area contributed by atoms with E-state index in [0.717, 1.165) is 39.9 Å². The molecule has 1 N–H and O–H groups in total. The molecule has 3 aromatic heterocycles. The zero-order valence-corrected chi connectivity index (χ0v) is 16.3. The molecule has 6 rings (SSSR count). The molecule has 1 atom stereocenters. The summed E-state index contributed by atoms with van der Waals surface area (Å²) in [7, 11) is 0. The Morgan fingerprint density at radius 3 is 3.17 bits per heavy atom. The molecule has 1 unspecified atom stereocenters. The van der Waals surface area contributed by atoms with Crippen LogP contribution in [0.3, 0.4) is 0 Å². The lowest BCUT2D eigenvalue weighted by Gasteiger charge is -2.20. The van der Waals surface area contributed by atoms with Crippen molar-refractivity contribution in [3.63, 3.8) is 0 Å². The van der Waals surface area contributed by atoms with Crippen molar-refractivity contribution >= 4 is 33.3 Å². The summed E-state index contributed by atoms with van der Waals surface area (Å²) in [5.74, 6) is 1.31. The average Bonchev–Trinajstić information content (AvgIpc) is 3.48. The van der Waals surface area contributed by atoms with E-state index in [2.05, 4.69) is 32.3 Å². The molecule has 0 radical (unpaired) electrons. The highest BCUT2D eigenvalue weighted by Gasteiger charge is 2.34. The van der Waals surface area contributed by atoms with E-state index >= 15 is 0 Å². The van der Waals surface area contributed by atoms with Gasteiger partial charge < -0.3 is 4.74 Å². The Labute approximate surface area is 170 Å². The molecule has 8 heteroatoms. The van der Waals surface area contributed by atoms with Gasteiger partial charge in [0.2, 0.25) is 11.8 Å². The van der Waals surface area contributed by atoms with Gasteiger partial charge in [0, 0.05) is 23.6 Å². The number of ether oxygens (including phenoxy) is 1. The summed E-state index contributed by atoms with van der Waals surface area (Å²) in [5.41, 5.74) is 6.91. The van der Waals surface area contributed by atoms with Crippen LogP contribution in [0.25, 0.3) is 21.3 Å². The van der Waals surface area contributed by atoms with Crippen molar-refractivity contribution in [1.82, 2.24) is 20.2 Å². The lowest BCUT2D eigenvalue weighted by Crippen LogP contribution is -2.28. The summed E-state index contributed by atoms with van der Waals surface area (Å²) in [6, 6.07) is 10.1. The number of carbonyl (C=O) groups is 1. The zero-order chi connectivity index (χ0) is 19.4. The number of amides is 1. The predicted molar refractivity (Wildman–Crippen MR) is 110 cm³/mol. The molecular weight excluding hydrogens is 386 g/mol. The van der Waals surface area contributed by atoms with Gasteiger partial charge in [0.15, 0.2) is 0 Å². The largest absolute Gasteiger partial charge is 0.471 e. The number of anilines is 1. The molecule has 2 aliphatic heterocycles. The van der Waals surface area contributed by atoms with Crippen molar-refractivity contribution in [3.8, 4) is 17.0 Å². The normalized spacial score (nSPS) is 18.0. The van der Waals surface area contributed by atoms with Crippen molar-refractivity contribution in [1.29, 1.82) is 0 Å². The van der Waals surface area contributed by atoms with Gasteiger partial charge in [0.1, 0.15) is 12.4 Å². The number of hydrogen-bond donors (Lipinski definition) is 1. The molecule has 1 amide bonds. The fraction of sp³-hybridized carbons (Fsp3) is 0.238. The number of aromatic amines is 1. The van der Waals surface area contributed by atoms with Gasteiger partial charge >= 0.3 is 0 Å². The van der Waals surface area contributed by atoms with Crippen LogP contribution in [0, 0.1) is 5.92 Å². The van der Waals surface area contributed by atoms with Crippen LogP contribution in [0.4, 0.5) is 5.82 Å². The molecule has 1 aromatic carbocycles. The highest BCUT2D eigenvalue weighted by Crippen LogP contribution is 2.37. The van der Waals surface area contributed by atoms with Crippen molar-refractivity contribution in [2.75, 3.05) is 11.4 Å². The van der Waals surface area contributed by atoms with E-state index in [1.54, 1.807) is 22.4 Å². The van der Waals surface area contributed by atoms with Crippen LogP contribution in [0.15, 0.2) is 42.0 Å². The van der Waals surface area contributed by atoms with E-state index in [9.17, 15) is 4.79 Å². The molecule has 7 nitrogen and oxygen atoms in total. The summed E-state index contributed by atoms with van der Waals surface area (Å²) in [4.78, 5) is 23.8. The van der Waals surface area contributed by atoms with Gasteiger partial charge in [-0.1, -0.05) is 6.07 Å². The first-order valence-corrected chi connectivity index (χ1v) is 10.4. The second-order valence-electron chi connectivity index (χ2n) is 7.41. The Hall–Kier alpha value is -3.26. The van der Waals surface area contributed by atoms with Crippen molar-refractivity contribution in [2.45, 2.75) is 19.4 Å². The standard InChI is InChI=1S/C21H17N5O2S/c27-21-13(7-12-1-3-16-18(8-12)29-11-22-16)5-6-26(21)19-4-2-14-15-9-23-25-17(15)10-28-20(14)24-19/h1-4,8-9,11,13H,5-7,10H2,(H,23,25). The van der Waals surface area contributed by atoms with E-state index in [4.69, 9.17) is 4.74 Å². The third kappa shape index (κ3) is 2.71. The minimum atomic E-state index is -0.0281. The zero-order valence-electron chi connectivity index (χ0n) is 15.5. The van der Waals surface area contributed by atoms with Gasteiger partial charge in [-0.15, -0.1) is 11.3 Å².